The Hall–Kier alpha value is -1.46. The summed E-state index contributed by atoms with van der Waals surface area (Å²) in [5.41, 5.74) is 0. The zero-order chi connectivity index (χ0) is 11.3. The highest BCUT2D eigenvalue weighted by atomic mass is 16.6. The van der Waals surface area contributed by atoms with Crippen molar-refractivity contribution < 1.29 is 19.6 Å². The van der Waals surface area contributed by atoms with Crippen molar-refractivity contribution in [3.63, 3.8) is 0 Å². The second-order valence-corrected chi connectivity index (χ2v) is 3.07. The van der Waals surface area contributed by atoms with E-state index in [0.29, 0.717) is 6.42 Å². The lowest BCUT2D eigenvalue weighted by atomic mass is 9.93. The third-order valence-corrected chi connectivity index (χ3v) is 1.94. The van der Waals surface area contributed by atoms with Crippen LogP contribution in [-0.4, -0.2) is 27.8 Å². The monoisotopic (exact) mass is 203 g/mol. The molecule has 0 amide bonds. The molecule has 0 rings (SSSR count). The van der Waals surface area contributed by atoms with Crippen molar-refractivity contribution in [2.24, 2.45) is 5.92 Å². The summed E-state index contributed by atoms with van der Waals surface area (Å²) in [6.07, 6.45) is 0.576. The lowest BCUT2D eigenvalue weighted by Crippen LogP contribution is -2.39. The number of hydrogen-bond donors (Lipinski definition) is 1. The van der Waals surface area contributed by atoms with Gasteiger partial charge in [-0.2, -0.15) is 0 Å². The summed E-state index contributed by atoms with van der Waals surface area (Å²) < 4.78 is 0. The fourth-order valence-electron chi connectivity index (χ4n) is 1.30. The molecular weight excluding hydrogens is 190 g/mol. The van der Waals surface area contributed by atoms with E-state index < -0.39 is 28.6 Å². The second-order valence-electron chi connectivity index (χ2n) is 3.07. The Balaban J connectivity index is 4.82. The SMILES string of the molecule is CCCC(C(C(C)=O)C(=O)O)[N+](=O)[O-]. The number of carbonyl (C=O) groups excluding carboxylic acids is 1. The maximum atomic E-state index is 10.9. The van der Waals surface area contributed by atoms with E-state index in [9.17, 15) is 19.7 Å². The molecule has 6 nitrogen and oxygen atoms in total. The van der Waals surface area contributed by atoms with E-state index in [4.69, 9.17) is 5.11 Å². The number of carboxylic acids is 1. The van der Waals surface area contributed by atoms with Crippen LogP contribution in [0.2, 0.25) is 0 Å². The van der Waals surface area contributed by atoms with Crippen LogP contribution in [-0.2, 0) is 9.59 Å². The molecular formula is C8H13NO5. The molecule has 0 fully saturated rings. The molecule has 0 saturated heterocycles. The van der Waals surface area contributed by atoms with Gasteiger partial charge in [-0.1, -0.05) is 6.92 Å². The molecule has 14 heavy (non-hydrogen) atoms. The minimum atomic E-state index is -1.52. The molecule has 0 aromatic heterocycles. The third kappa shape index (κ3) is 3.12. The van der Waals surface area contributed by atoms with Gasteiger partial charge in [-0.3, -0.25) is 19.7 Å². The van der Waals surface area contributed by atoms with Crippen molar-refractivity contribution in [1.29, 1.82) is 0 Å². The van der Waals surface area contributed by atoms with Gasteiger partial charge in [0.15, 0.2) is 11.7 Å². The minimum Gasteiger partial charge on any atom is -0.481 e. The van der Waals surface area contributed by atoms with Crippen LogP contribution in [0.1, 0.15) is 26.7 Å². The Morgan fingerprint density at radius 3 is 2.21 bits per heavy atom. The van der Waals surface area contributed by atoms with Gasteiger partial charge in [0.25, 0.3) is 0 Å². The zero-order valence-electron chi connectivity index (χ0n) is 8.10. The van der Waals surface area contributed by atoms with E-state index in [0.717, 1.165) is 6.92 Å². The number of rotatable bonds is 6. The average Bonchev–Trinajstić information content (AvgIpc) is 2.01. The summed E-state index contributed by atoms with van der Waals surface area (Å²) >= 11 is 0. The molecule has 0 heterocycles. The summed E-state index contributed by atoms with van der Waals surface area (Å²) in [4.78, 5) is 31.4. The summed E-state index contributed by atoms with van der Waals surface area (Å²) in [6, 6.07) is -1.31. The van der Waals surface area contributed by atoms with Crippen molar-refractivity contribution in [2.45, 2.75) is 32.7 Å². The Labute approximate surface area is 81.1 Å². The Morgan fingerprint density at radius 2 is 2.00 bits per heavy atom. The van der Waals surface area contributed by atoms with Gasteiger partial charge >= 0.3 is 5.97 Å². The molecule has 0 bridgehead atoms. The highest BCUT2D eigenvalue weighted by Gasteiger charge is 2.39. The van der Waals surface area contributed by atoms with Gasteiger partial charge in [0, 0.05) is 11.3 Å². The van der Waals surface area contributed by atoms with Crippen molar-refractivity contribution >= 4 is 11.8 Å². The first kappa shape index (κ1) is 12.5. The normalized spacial score (nSPS) is 14.4. The predicted octanol–water partition coefficient (Wildman–Crippen LogP) is 0.722. The van der Waals surface area contributed by atoms with Crippen LogP contribution < -0.4 is 0 Å². The first-order valence-corrected chi connectivity index (χ1v) is 4.28. The summed E-state index contributed by atoms with van der Waals surface area (Å²) in [7, 11) is 0. The number of Topliss-reactive ketones (excluding diaryl/α,β-unsaturated/α-hetero) is 1. The molecule has 2 unspecified atom stereocenters. The first-order chi connectivity index (χ1) is 6.41. The molecule has 0 saturated carbocycles. The van der Waals surface area contributed by atoms with Gasteiger partial charge in [0.1, 0.15) is 0 Å². The molecule has 0 aliphatic carbocycles. The van der Waals surface area contributed by atoms with E-state index in [2.05, 4.69) is 0 Å². The van der Waals surface area contributed by atoms with Crippen molar-refractivity contribution in [2.75, 3.05) is 0 Å². The Morgan fingerprint density at radius 1 is 1.50 bits per heavy atom. The van der Waals surface area contributed by atoms with Gasteiger partial charge in [-0.15, -0.1) is 0 Å². The van der Waals surface area contributed by atoms with Crippen molar-refractivity contribution in [3.8, 4) is 0 Å². The Bertz CT molecular complexity index is 236. The van der Waals surface area contributed by atoms with Crippen molar-refractivity contribution in [3.05, 3.63) is 10.1 Å². The molecule has 0 radical (unpaired) electrons. The fraction of sp³-hybridized carbons (Fsp3) is 0.750. The quantitative estimate of drug-likeness (QED) is 0.389. The number of ketones is 1. The second kappa shape index (κ2) is 5.31. The smallest absolute Gasteiger partial charge is 0.321 e. The van der Waals surface area contributed by atoms with Gasteiger partial charge in [-0.25, -0.2) is 0 Å². The summed E-state index contributed by atoms with van der Waals surface area (Å²) in [5.74, 6) is -3.62. The van der Waals surface area contributed by atoms with E-state index in [1.54, 1.807) is 6.92 Å². The third-order valence-electron chi connectivity index (χ3n) is 1.94. The van der Waals surface area contributed by atoms with Crippen LogP contribution in [0, 0.1) is 16.0 Å². The predicted molar refractivity (Wildman–Crippen MR) is 47.5 cm³/mol. The number of nitro groups is 1. The van der Waals surface area contributed by atoms with Gasteiger partial charge in [0.2, 0.25) is 6.04 Å². The Kier molecular flexibility index (Phi) is 4.76. The molecule has 2 atom stereocenters. The lowest BCUT2D eigenvalue weighted by molar-refractivity contribution is -0.528. The molecule has 0 spiro atoms. The van der Waals surface area contributed by atoms with Gasteiger partial charge in [-0.05, 0) is 13.3 Å². The fourth-order valence-corrected chi connectivity index (χ4v) is 1.30. The van der Waals surface area contributed by atoms with Crippen LogP contribution in [0.5, 0.6) is 0 Å². The molecule has 6 heteroatoms. The standard InChI is InChI=1S/C8H13NO5/c1-3-4-6(9(13)14)7(5(2)10)8(11)12/h6-7H,3-4H2,1-2H3,(H,11,12). The molecule has 1 N–H and O–H groups in total. The van der Waals surface area contributed by atoms with E-state index in [-0.39, 0.29) is 6.42 Å². The van der Waals surface area contributed by atoms with Gasteiger partial charge in [0.05, 0.1) is 0 Å². The largest absolute Gasteiger partial charge is 0.481 e. The number of nitrogens with zero attached hydrogens (tertiary/aromatic N) is 1. The topological polar surface area (TPSA) is 97.5 Å². The first-order valence-electron chi connectivity index (χ1n) is 4.28. The molecule has 0 aromatic rings. The molecule has 0 aliphatic rings. The number of carboxylic acid groups (broad SMARTS) is 1. The summed E-state index contributed by atoms with van der Waals surface area (Å²) in [5, 5.41) is 19.2. The maximum Gasteiger partial charge on any atom is 0.321 e. The zero-order valence-corrected chi connectivity index (χ0v) is 8.10. The van der Waals surface area contributed by atoms with Crippen LogP contribution in [0.4, 0.5) is 0 Å². The highest BCUT2D eigenvalue weighted by molar-refractivity contribution is 5.97. The number of carbonyl (C=O) groups is 2. The molecule has 0 aromatic carbocycles. The summed E-state index contributed by atoms with van der Waals surface area (Å²) in [6.45, 7) is 2.76. The van der Waals surface area contributed by atoms with Crippen LogP contribution >= 0.6 is 0 Å². The minimum absolute atomic E-state index is 0.101. The van der Waals surface area contributed by atoms with Crippen LogP contribution in [0.25, 0.3) is 0 Å². The molecule has 80 valence electrons. The highest BCUT2D eigenvalue weighted by Crippen LogP contribution is 2.14. The maximum absolute atomic E-state index is 10.9. The van der Waals surface area contributed by atoms with Crippen molar-refractivity contribution in [1.82, 2.24) is 0 Å². The van der Waals surface area contributed by atoms with E-state index >= 15 is 0 Å². The average molecular weight is 203 g/mol. The lowest BCUT2D eigenvalue weighted by Gasteiger charge is -2.13. The van der Waals surface area contributed by atoms with Crippen LogP contribution in [0.3, 0.4) is 0 Å². The van der Waals surface area contributed by atoms with Gasteiger partial charge < -0.3 is 5.11 Å². The van der Waals surface area contributed by atoms with Crippen LogP contribution in [0.15, 0.2) is 0 Å². The van der Waals surface area contributed by atoms with E-state index in [1.807, 2.05) is 0 Å². The number of hydrogen-bond acceptors (Lipinski definition) is 4. The number of aliphatic carboxylic acids is 1. The molecule has 0 aliphatic heterocycles. The van der Waals surface area contributed by atoms with E-state index in [1.165, 1.54) is 0 Å².